The maximum absolute atomic E-state index is 11.8. The lowest BCUT2D eigenvalue weighted by Crippen LogP contribution is -2.27. The van der Waals surface area contributed by atoms with Gasteiger partial charge in [-0.05, 0) is 30.0 Å². The molecule has 1 atom stereocenters. The molecule has 0 fully saturated rings. The van der Waals surface area contributed by atoms with Gasteiger partial charge in [-0.1, -0.05) is 32.9 Å². The summed E-state index contributed by atoms with van der Waals surface area (Å²) in [6.07, 6.45) is 0.436. The van der Waals surface area contributed by atoms with Gasteiger partial charge in [-0.3, -0.25) is 9.59 Å². The molecular weight excluding hydrogens is 242 g/mol. The van der Waals surface area contributed by atoms with Crippen LogP contribution in [-0.4, -0.2) is 23.5 Å². The second-order valence-electron chi connectivity index (χ2n) is 5.06. The summed E-state index contributed by atoms with van der Waals surface area (Å²) >= 11 is 0. The van der Waals surface area contributed by atoms with E-state index in [1.165, 1.54) is 5.56 Å². The summed E-state index contributed by atoms with van der Waals surface area (Å²) in [4.78, 5) is 22.5. The summed E-state index contributed by atoms with van der Waals surface area (Å²) in [5.74, 6) is -0.999. The Hall–Kier alpha value is -1.84. The zero-order chi connectivity index (χ0) is 14.4. The number of nitrogens with one attached hydrogen (secondary N) is 1. The van der Waals surface area contributed by atoms with Crippen molar-refractivity contribution in [3.8, 4) is 0 Å². The molecule has 1 rings (SSSR count). The van der Waals surface area contributed by atoms with Crippen LogP contribution >= 0.6 is 0 Å². The number of carbonyl (C=O) groups is 2. The van der Waals surface area contributed by atoms with Gasteiger partial charge in [-0.15, -0.1) is 0 Å². The SMILES string of the molecule is CC(CCNC(=O)c1ccc(C(C)C)cc1)C(=O)O. The van der Waals surface area contributed by atoms with Crippen LogP contribution < -0.4 is 5.32 Å². The van der Waals surface area contributed by atoms with E-state index in [0.717, 1.165) is 0 Å². The summed E-state index contributed by atoms with van der Waals surface area (Å²) in [5.41, 5.74) is 1.79. The van der Waals surface area contributed by atoms with Crippen LogP contribution in [0.25, 0.3) is 0 Å². The smallest absolute Gasteiger partial charge is 0.306 e. The summed E-state index contributed by atoms with van der Waals surface area (Å²) in [6, 6.07) is 7.48. The van der Waals surface area contributed by atoms with Crippen molar-refractivity contribution >= 4 is 11.9 Å². The highest BCUT2D eigenvalue weighted by atomic mass is 16.4. The fourth-order valence-electron chi connectivity index (χ4n) is 1.65. The summed E-state index contributed by atoms with van der Waals surface area (Å²) in [5, 5.41) is 11.5. The van der Waals surface area contributed by atoms with Crippen molar-refractivity contribution in [2.45, 2.75) is 33.1 Å². The van der Waals surface area contributed by atoms with Gasteiger partial charge in [0.15, 0.2) is 0 Å². The van der Waals surface area contributed by atoms with Crippen LogP contribution in [0.2, 0.25) is 0 Å². The van der Waals surface area contributed by atoms with E-state index in [1.54, 1.807) is 19.1 Å². The van der Waals surface area contributed by atoms with Gasteiger partial charge in [0.05, 0.1) is 5.92 Å². The van der Waals surface area contributed by atoms with E-state index < -0.39 is 11.9 Å². The molecule has 104 valence electrons. The third kappa shape index (κ3) is 4.73. The Bertz CT molecular complexity index is 437. The number of carboxylic acid groups (broad SMARTS) is 1. The van der Waals surface area contributed by atoms with E-state index in [2.05, 4.69) is 19.2 Å². The molecule has 1 unspecified atom stereocenters. The Morgan fingerprint density at radius 3 is 2.21 bits per heavy atom. The van der Waals surface area contributed by atoms with Crippen LogP contribution in [-0.2, 0) is 4.79 Å². The van der Waals surface area contributed by atoms with E-state index in [4.69, 9.17) is 5.11 Å². The van der Waals surface area contributed by atoms with Crippen molar-refractivity contribution in [1.29, 1.82) is 0 Å². The monoisotopic (exact) mass is 263 g/mol. The highest BCUT2D eigenvalue weighted by molar-refractivity contribution is 5.94. The molecule has 2 N–H and O–H groups in total. The minimum Gasteiger partial charge on any atom is -0.481 e. The highest BCUT2D eigenvalue weighted by Crippen LogP contribution is 2.14. The largest absolute Gasteiger partial charge is 0.481 e. The molecule has 0 spiro atoms. The van der Waals surface area contributed by atoms with E-state index in [0.29, 0.717) is 24.4 Å². The summed E-state index contributed by atoms with van der Waals surface area (Å²) < 4.78 is 0. The molecule has 0 aromatic heterocycles. The normalized spacial score (nSPS) is 12.2. The fraction of sp³-hybridized carbons (Fsp3) is 0.467. The third-order valence-electron chi connectivity index (χ3n) is 3.12. The molecule has 4 heteroatoms. The highest BCUT2D eigenvalue weighted by Gasteiger charge is 2.11. The van der Waals surface area contributed by atoms with Crippen LogP contribution in [0.3, 0.4) is 0 Å². The van der Waals surface area contributed by atoms with Crippen LogP contribution in [0.15, 0.2) is 24.3 Å². The maximum Gasteiger partial charge on any atom is 0.306 e. The molecule has 0 aliphatic rings. The molecule has 0 radical (unpaired) electrons. The standard InChI is InChI=1S/C15H21NO3/c1-10(2)12-4-6-13(7-5-12)14(17)16-9-8-11(3)15(18)19/h4-7,10-11H,8-9H2,1-3H3,(H,16,17)(H,18,19). The number of carbonyl (C=O) groups excluding carboxylic acids is 1. The van der Waals surface area contributed by atoms with Gasteiger partial charge in [0.2, 0.25) is 0 Å². The molecule has 0 bridgehead atoms. The minimum absolute atomic E-state index is 0.159. The first kappa shape index (κ1) is 15.2. The average Bonchev–Trinajstić information content (AvgIpc) is 2.38. The van der Waals surface area contributed by atoms with Crippen LogP contribution in [0.4, 0.5) is 0 Å². The van der Waals surface area contributed by atoms with Crippen LogP contribution in [0.1, 0.15) is 49.0 Å². The first-order chi connectivity index (χ1) is 8.91. The number of rotatable bonds is 6. The molecule has 1 aromatic carbocycles. The van der Waals surface area contributed by atoms with Gasteiger partial charge in [0, 0.05) is 12.1 Å². The molecule has 0 aliphatic carbocycles. The first-order valence-corrected chi connectivity index (χ1v) is 6.52. The Morgan fingerprint density at radius 1 is 1.16 bits per heavy atom. The Morgan fingerprint density at radius 2 is 1.74 bits per heavy atom. The Labute approximate surface area is 113 Å². The number of amides is 1. The number of benzene rings is 1. The molecule has 0 saturated heterocycles. The van der Waals surface area contributed by atoms with Crippen LogP contribution in [0.5, 0.6) is 0 Å². The summed E-state index contributed by atoms with van der Waals surface area (Å²) in [6.45, 7) is 6.20. The number of aliphatic carboxylic acids is 1. The molecule has 1 aromatic rings. The van der Waals surface area contributed by atoms with Crippen molar-refractivity contribution in [3.05, 3.63) is 35.4 Å². The third-order valence-corrected chi connectivity index (χ3v) is 3.12. The quantitative estimate of drug-likeness (QED) is 0.829. The maximum atomic E-state index is 11.8. The van der Waals surface area contributed by atoms with Crippen molar-refractivity contribution in [1.82, 2.24) is 5.32 Å². The predicted molar refractivity (Wildman–Crippen MR) is 74.3 cm³/mol. The Balaban J connectivity index is 2.47. The topological polar surface area (TPSA) is 66.4 Å². The zero-order valence-corrected chi connectivity index (χ0v) is 11.6. The van der Waals surface area contributed by atoms with Crippen LogP contribution in [0, 0.1) is 5.92 Å². The molecular formula is C15H21NO3. The van der Waals surface area contributed by atoms with E-state index in [1.807, 2.05) is 12.1 Å². The second-order valence-corrected chi connectivity index (χ2v) is 5.06. The lowest BCUT2D eigenvalue weighted by molar-refractivity contribution is -0.141. The van der Waals surface area contributed by atoms with E-state index in [-0.39, 0.29) is 5.91 Å². The van der Waals surface area contributed by atoms with Crippen molar-refractivity contribution in [3.63, 3.8) is 0 Å². The number of carboxylic acids is 1. The summed E-state index contributed by atoms with van der Waals surface area (Å²) in [7, 11) is 0. The van der Waals surface area contributed by atoms with Crippen molar-refractivity contribution in [2.24, 2.45) is 5.92 Å². The van der Waals surface area contributed by atoms with Gasteiger partial charge in [-0.2, -0.15) is 0 Å². The lowest BCUT2D eigenvalue weighted by Gasteiger charge is -2.09. The molecule has 0 aliphatic heterocycles. The van der Waals surface area contributed by atoms with Gasteiger partial charge < -0.3 is 10.4 Å². The molecule has 4 nitrogen and oxygen atoms in total. The lowest BCUT2D eigenvalue weighted by atomic mass is 10.0. The van der Waals surface area contributed by atoms with Gasteiger partial charge in [0.25, 0.3) is 5.91 Å². The van der Waals surface area contributed by atoms with Crippen molar-refractivity contribution in [2.75, 3.05) is 6.54 Å². The molecule has 19 heavy (non-hydrogen) atoms. The van der Waals surface area contributed by atoms with Crippen molar-refractivity contribution < 1.29 is 14.7 Å². The zero-order valence-electron chi connectivity index (χ0n) is 11.6. The molecule has 0 saturated carbocycles. The van der Waals surface area contributed by atoms with Gasteiger partial charge in [0.1, 0.15) is 0 Å². The molecule has 1 amide bonds. The predicted octanol–water partition coefficient (Wildman–Crippen LogP) is 2.65. The van der Waals surface area contributed by atoms with E-state index in [9.17, 15) is 9.59 Å². The molecule has 0 heterocycles. The number of hydrogen-bond donors (Lipinski definition) is 2. The Kier molecular flexibility index (Phi) is 5.55. The fourth-order valence-corrected chi connectivity index (χ4v) is 1.65. The van der Waals surface area contributed by atoms with E-state index >= 15 is 0 Å². The van der Waals surface area contributed by atoms with Gasteiger partial charge in [-0.25, -0.2) is 0 Å². The first-order valence-electron chi connectivity index (χ1n) is 6.52. The number of hydrogen-bond acceptors (Lipinski definition) is 2. The van der Waals surface area contributed by atoms with Gasteiger partial charge >= 0.3 is 5.97 Å². The average molecular weight is 263 g/mol. The minimum atomic E-state index is -0.837. The second kappa shape index (κ2) is 6.92.